The first-order valence-corrected chi connectivity index (χ1v) is 8.71. The SMILES string of the molecule is Cc1c(C)c2c(c(C)c1N)C(c1ccc(N(C)C)c(N)c1)C(C)(C)O2.Cl.Cl. The highest BCUT2D eigenvalue weighted by atomic mass is 35.5. The van der Waals surface area contributed by atoms with Crippen LogP contribution < -0.4 is 21.1 Å². The van der Waals surface area contributed by atoms with E-state index in [2.05, 4.69) is 52.8 Å². The summed E-state index contributed by atoms with van der Waals surface area (Å²) in [4.78, 5) is 2.03. The van der Waals surface area contributed by atoms with Crippen LogP contribution in [0, 0.1) is 20.8 Å². The number of nitrogens with two attached hydrogens (primary N) is 2. The number of nitrogen functional groups attached to an aromatic ring is 2. The maximum Gasteiger partial charge on any atom is 0.127 e. The zero-order valence-corrected chi connectivity index (χ0v) is 18.8. The minimum Gasteiger partial charge on any atom is -0.486 e. The van der Waals surface area contributed by atoms with Crippen molar-refractivity contribution in [1.29, 1.82) is 0 Å². The van der Waals surface area contributed by atoms with Crippen LogP contribution in [0.2, 0.25) is 0 Å². The number of hydrogen-bond acceptors (Lipinski definition) is 4. The zero-order valence-electron chi connectivity index (χ0n) is 17.1. The highest BCUT2D eigenvalue weighted by molar-refractivity contribution is 5.85. The predicted molar refractivity (Wildman–Crippen MR) is 121 cm³/mol. The molecule has 0 saturated carbocycles. The van der Waals surface area contributed by atoms with Gasteiger partial charge in [0.05, 0.1) is 17.3 Å². The van der Waals surface area contributed by atoms with E-state index in [4.69, 9.17) is 16.2 Å². The summed E-state index contributed by atoms with van der Waals surface area (Å²) in [5, 5.41) is 0. The minimum atomic E-state index is -0.357. The van der Waals surface area contributed by atoms with Crippen LogP contribution in [0.3, 0.4) is 0 Å². The second-order valence-electron chi connectivity index (χ2n) is 7.88. The highest BCUT2D eigenvalue weighted by Crippen LogP contribution is 2.53. The first kappa shape index (κ1) is 23.3. The number of hydrogen-bond donors (Lipinski definition) is 2. The number of rotatable bonds is 2. The van der Waals surface area contributed by atoms with Crippen molar-refractivity contribution in [2.24, 2.45) is 0 Å². The lowest BCUT2D eigenvalue weighted by Crippen LogP contribution is -2.31. The summed E-state index contributed by atoms with van der Waals surface area (Å²) in [6, 6.07) is 6.31. The molecule has 0 fully saturated rings. The Kier molecular flexibility index (Phi) is 6.62. The molecule has 1 aliphatic rings. The van der Waals surface area contributed by atoms with Gasteiger partial charge in [0.2, 0.25) is 0 Å². The minimum absolute atomic E-state index is 0. The van der Waals surface area contributed by atoms with Crippen LogP contribution in [0.5, 0.6) is 5.75 Å². The fourth-order valence-corrected chi connectivity index (χ4v) is 4.05. The molecule has 0 bridgehead atoms. The Bertz CT molecular complexity index is 863. The molecule has 0 radical (unpaired) electrons. The normalized spacial score (nSPS) is 16.6. The molecule has 1 unspecified atom stereocenters. The average molecular weight is 412 g/mol. The van der Waals surface area contributed by atoms with E-state index in [0.29, 0.717) is 0 Å². The van der Waals surface area contributed by atoms with Gasteiger partial charge in [-0.2, -0.15) is 0 Å². The smallest absolute Gasteiger partial charge is 0.127 e. The molecular formula is C21H31Cl2N3O. The summed E-state index contributed by atoms with van der Waals surface area (Å²) in [6.45, 7) is 10.5. The van der Waals surface area contributed by atoms with Gasteiger partial charge < -0.3 is 21.1 Å². The van der Waals surface area contributed by atoms with Gasteiger partial charge in [0, 0.05) is 25.3 Å². The van der Waals surface area contributed by atoms with Crippen molar-refractivity contribution in [2.75, 3.05) is 30.5 Å². The molecule has 0 spiro atoms. The van der Waals surface area contributed by atoms with E-state index in [1.165, 1.54) is 5.56 Å². The van der Waals surface area contributed by atoms with Crippen molar-refractivity contribution in [3.05, 3.63) is 46.0 Å². The van der Waals surface area contributed by atoms with E-state index < -0.39 is 0 Å². The highest BCUT2D eigenvalue weighted by Gasteiger charge is 2.44. The quantitative estimate of drug-likeness (QED) is 0.683. The van der Waals surface area contributed by atoms with Gasteiger partial charge in [-0.05, 0) is 69.0 Å². The summed E-state index contributed by atoms with van der Waals surface area (Å²) in [7, 11) is 4.00. The number of fused-ring (bicyclic) bond motifs is 1. The molecule has 2 aromatic rings. The second kappa shape index (κ2) is 7.69. The molecule has 4 N–H and O–H groups in total. The zero-order chi connectivity index (χ0) is 18.7. The molecule has 3 rings (SSSR count). The molecule has 2 aromatic carbocycles. The Hall–Kier alpha value is -1.78. The third-order valence-corrected chi connectivity index (χ3v) is 5.58. The number of halogens is 2. The summed E-state index contributed by atoms with van der Waals surface area (Å²) >= 11 is 0. The standard InChI is InChI=1S/C21H29N3O.2ClH/c1-11-12(2)20-17(13(3)19(11)23)18(21(4,5)25-20)14-8-9-16(24(6)7)15(22)10-14;;/h8-10,18H,22-23H2,1-7H3;2*1H. The average Bonchev–Trinajstić information content (AvgIpc) is 2.82. The van der Waals surface area contributed by atoms with Gasteiger partial charge in [-0.3, -0.25) is 0 Å². The molecule has 6 heteroatoms. The van der Waals surface area contributed by atoms with Crippen LogP contribution in [-0.4, -0.2) is 19.7 Å². The van der Waals surface area contributed by atoms with Crippen LogP contribution in [-0.2, 0) is 0 Å². The molecule has 1 atom stereocenters. The summed E-state index contributed by atoms with van der Waals surface area (Å²) < 4.78 is 6.42. The van der Waals surface area contributed by atoms with Gasteiger partial charge in [-0.1, -0.05) is 6.07 Å². The van der Waals surface area contributed by atoms with Crippen molar-refractivity contribution in [2.45, 2.75) is 46.1 Å². The predicted octanol–water partition coefficient (Wildman–Crippen LogP) is 4.99. The molecule has 0 saturated heterocycles. The fourth-order valence-electron chi connectivity index (χ4n) is 4.05. The molecule has 4 nitrogen and oxygen atoms in total. The van der Waals surface area contributed by atoms with Crippen LogP contribution in [0.15, 0.2) is 18.2 Å². The number of anilines is 3. The van der Waals surface area contributed by atoms with Crippen molar-refractivity contribution >= 4 is 41.9 Å². The molecule has 1 aliphatic heterocycles. The summed E-state index contributed by atoms with van der Waals surface area (Å²) in [5.41, 5.74) is 20.7. The monoisotopic (exact) mass is 411 g/mol. The lowest BCUT2D eigenvalue weighted by molar-refractivity contribution is 0.121. The van der Waals surface area contributed by atoms with Crippen molar-refractivity contribution in [1.82, 2.24) is 0 Å². The van der Waals surface area contributed by atoms with Gasteiger partial charge in [0.25, 0.3) is 0 Å². The third kappa shape index (κ3) is 3.53. The topological polar surface area (TPSA) is 64.5 Å². The molecule has 0 amide bonds. The van der Waals surface area contributed by atoms with Crippen molar-refractivity contribution < 1.29 is 4.74 Å². The Morgan fingerprint density at radius 2 is 1.56 bits per heavy atom. The van der Waals surface area contributed by atoms with Crippen LogP contribution in [0.4, 0.5) is 17.1 Å². The Labute approximate surface area is 175 Å². The Morgan fingerprint density at radius 3 is 2.07 bits per heavy atom. The lowest BCUT2D eigenvalue weighted by atomic mass is 9.78. The first-order valence-electron chi connectivity index (χ1n) is 8.71. The van der Waals surface area contributed by atoms with Crippen LogP contribution >= 0.6 is 24.8 Å². The molecule has 0 aliphatic carbocycles. The summed E-state index contributed by atoms with van der Waals surface area (Å²) in [5.74, 6) is 1.08. The van der Waals surface area contributed by atoms with Gasteiger partial charge in [-0.25, -0.2) is 0 Å². The summed E-state index contributed by atoms with van der Waals surface area (Å²) in [6.07, 6.45) is 0. The van der Waals surface area contributed by atoms with Crippen molar-refractivity contribution in [3.63, 3.8) is 0 Å². The molecule has 150 valence electrons. The third-order valence-electron chi connectivity index (χ3n) is 5.58. The van der Waals surface area contributed by atoms with E-state index in [-0.39, 0.29) is 36.3 Å². The number of nitrogens with zero attached hydrogens (tertiary/aromatic N) is 1. The van der Waals surface area contributed by atoms with E-state index in [0.717, 1.165) is 45.1 Å². The van der Waals surface area contributed by atoms with Gasteiger partial charge in [0.1, 0.15) is 11.4 Å². The molecular weight excluding hydrogens is 381 g/mol. The van der Waals surface area contributed by atoms with E-state index in [1.807, 2.05) is 19.0 Å². The Morgan fingerprint density at radius 1 is 0.963 bits per heavy atom. The van der Waals surface area contributed by atoms with Crippen molar-refractivity contribution in [3.8, 4) is 5.75 Å². The largest absolute Gasteiger partial charge is 0.486 e. The van der Waals surface area contributed by atoms with Crippen LogP contribution in [0.25, 0.3) is 0 Å². The van der Waals surface area contributed by atoms with Gasteiger partial charge >= 0.3 is 0 Å². The van der Waals surface area contributed by atoms with E-state index >= 15 is 0 Å². The molecule has 0 aromatic heterocycles. The second-order valence-corrected chi connectivity index (χ2v) is 7.88. The maximum atomic E-state index is 6.42. The lowest BCUT2D eigenvalue weighted by Gasteiger charge is -2.28. The Balaban J connectivity index is 0.00000182. The van der Waals surface area contributed by atoms with E-state index in [1.54, 1.807) is 0 Å². The van der Waals surface area contributed by atoms with Gasteiger partial charge in [-0.15, -0.1) is 24.8 Å². The number of ether oxygens (including phenoxy) is 1. The first-order chi connectivity index (χ1) is 11.6. The number of benzene rings is 2. The fraction of sp³-hybridized carbons (Fsp3) is 0.429. The molecule has 27 heavy (non-hydrogen) atoms. The van der Waals surface area contributed by atoms with Gasteiger partial charge in [0.15, 0.2) is 0 Å². The van der Waals surface area contributed by atoms with E-state index in [9.17, 15) is 0 Å². The maximum absolute atomic E-state index is 6.42. The van der Waals surface area contributed by atoms with Crippen LogP contribution in [0.1, 0.15) is 47.6 Å². The molecule has 1 heterocycles.